The highest BCUT2D eigenvalue weighted by atomic mass is 16.4. The lowest BCUT2D eigenvalue weighted by Gasteiger charge is -2.03. The molecular formula is C20H30O5. The third kappa shape index (κ3) is 19.8. The SMILES string of the molecule is O=C(O)CCC/C=C/C/C=C/C/C=C/C=C/C(O)CCCCC(=O)O. The molecule has 0 aliphatic heterocycles. The van der Waals surface area contributed by atoms with Crippen molar-refractivity contribution in [2.75, 3.05) is 0 Å². The Balaban J connectivity index is 3.61. The number of aliphatic carboxylic acids is 2. The summed E-state index contributed by atoms with van der Waals surface area (Å²) in [7, 11) is 0. The topological polar surface area (TPSA) is 94.8 Å². The van der Waals surface area contributed by atoms with E-state index in [1.807, 2.05) is 30.4 Å². The predicted octanol–water partition coefficient (Wildman–Crippen LogP) is 4.25. The Labute approximate surface area is 150 Å². The van der Waals surface area contributed by atoms with E-state index >= 15 is 0 Å². The zero-order chi connectivity index (χ0) is 18.8. The Morgan fingerprint density at radius 3 is 2.04 bits per heavy atom. The molecule has 0 aliphatic rings. The van der Waals surface area contributed by atoms with Crippen LogP contribution in [0, 0.1) is 0 Å². The molecule has 0 aliphatic carbocycles. The van der Waals surface area contributed by atoms with Crippen LogP contribution in [0.5, 0.6) is 0 Å². The largest absolute Gasteiger partial charge is 0.481 e. The first-order valence-corrected chi connectivity index (χ1v) is 8.77. The first kappa shape index (κ1) is 22.9. The fourth-order valence-electron chi connectivity index (χ4n) is 2.01. The summed E-state index contributed by atoms with van der Waals surface area (Å²) in [6.07, 6.45) is 20.4. The molecule has 0 radical (unpaired) electrons. The number of carbonyl (C=O) groups is 2. The van der Waals surface area contributed by atoms with Crippen LogP contribution in [0.3, 0.4) is 0 Å². The molecular weight excluding hydrogens is 320 g/mol. The molecule has 0 saturated carbocycles. The van der Waals surface area contributed by atoms with Crippen LogP contribution in [0.1, 0.15) is 57.8 Å². The number of aliphatic hydroxyl groups excluding tert-OH is 1. The van der Waals surface area contributed by atoms with E-state index in [0.717, 1.165) is 19.3 Å². The maximum absolute atomic E-state index is 10.3. The van der Waals surface area contributed by atoms with Crippen LogP contribution < -0.4 is 0 Å². The van der Waals surface area contributed by atoms with Crippen LogP contribution in [0.4, 0.5) is 0 Å². The van der Waals surface area contributed by atoms with Crippen molar-refractivity contribution in [1.82, 2.24) is 0 Å². The molecule has 140 valence electrons. The summed E-state index contributed by atoms with van der Waals surface area (Å²) < 4.78 is 0. The van der Waals surface area contributed by atoms with E-state index in [9.17, 15) is 14.7 Å². The van der Waals surface area contributed by atoms with Gasteiger partial charge in [0.2, 0.25) is 0 Å². The van der Waals surface area contributed by atoms with E-state index < -0.39 is 18.0 Å². The van der Waals surface area contributed by atoms with Gasteiger partial charge >= 0.3 is 11.9 Å². The highest BCUT2D eigenvalue weighted by Gasteiger charge is 2.00. The highest BCUT2D eigenvalue weighted by molar-refractivity contribution is 5.66. The lowest BCUT2D eigenvalue weighted by atomic mass is 10.1. The predicted molar refractivity (Wildman–Crippen MR) is 99.4 cm³/mol. The minimum atomic E-state index is -0.797. The molecule has 0 amide bonds. The summed E-state index contributed by atoms with van der Waals surface area (Å²) in [5, 5.41) is 26.7. The summed E-state index contributed by atoms with van der Waals surface area (Å²) in [4.78, 5) is 20.7. The molecule has 0 bridgehead atoms. The molecule has 0 aromatic carbocycles. The maximum Gasteiger partial charge on any atom is 0.303 e. The van der Waals surface area contributed by atoms with E-state index in [4.69, 9.17) is 10.2 Å². The van der Waals surface area contributed by atoms with Crippen LogP contribution in [-0.4, -0.2) is 33.4 Å². The zero-order valence-electron chi connectivity index (χ0n) is 14.7. The molecule has 1 atom stereocenters. The summed E-state index contributed by atoms with van der Waals surface area (Å²) in [5.41, 5.74) is 0. The van der Waals surface area contributed by atoms with Gasteiger partial charge in [0.1, 0.15) is 0 Å². The molecule has 25 heavy (non-hydrogen) atoms. The van der Waals surface area contributed by atoms with Crippen molar-refractivity contribution in [3.05, 3.63) is 48.6 Å². The van der Waals surface area contributed by atoms with Gasteiger partial charge in [-0.15, -0.1) is 0 Å². The molecule has 0 spiro atoms. The van der Waals surface area contributed by atoms with Gasteiger partial charge in [-0.25, -0.2) is 0 Å². The summed E-state index contributed by atoms with van der Waals surface area (Å²) in [6.45, 7) is 0. The smallest absolute Gasteiger partial charge is 0.303 e. The Morgan fingerprint density at radius 1 is 0.760 bits per heavy atom. The van der Waals surface area contributed by atoms with Crippen molar-refractivity contribution < 1.29 is 24.9 Å². The van der Waals surface area contributed by atoms with Gasteiger partial charge in [-0.3, -0.25) is 9.59 Å². The quantitative estimate of drug-likeness (QED) is 0.233. The summed E-state index contributed by atoms with van der Waals surface area (Å²) in [6, 6.07) is 0. The van der Waals surface area contributed by atoms with Crippen LogP contribution >= 0.6 is 0 Å². The number of allylic oxidation sites excluding steroid dienone is 7. The van der Waals surface area contributed by atoms with Gasteiger partial charge in [0.05, 0.1) is 6.10 Å². The van der Waals surface area contributed by atoms with E-state index in [1.165, 1.54) is 0 Å². The number of carboxylic acids is 2. The third-order valence-electron chi connectivity index (χ3n) is 3.36. The number of aliphatic hydroxyl groups is 1. The van der Waals surface area contributed by atoms with E-state index in [2.05, 4.69) is 6.08 Å². The second-order valence-electron chi connectivity index (χ2n) is 5.72. The Bertz CT molecular complexity index is 474. The van der Waals surface area contributed by atoms with Crippen molar-refractivity contribution in [3.63, 3.8) is 0 Å². The van der Waals surface area contributed by atoms with Crippen LogP contribution in [0.2, 0.25) is 0 Å². The minimum absolute atomic E-state index is 0.153. The normalized spacial score (nSPS) is 13.5. The number of unbranched alkanes of at least 4 members (excludes halogenated alkanes) is 2. The van der Waals surface area contributed by atoms with Crippen LogP contribution in [0.25, 0.3) is 0 Å². The number of carboxylic acid groups (broad SMARTS) is 2. The molecule has 3 N–H and O–H groups in total. The fourth-order valence-corrected chi connectivity index (χ4v) is 2.01. The molecule has 1 unspecified atom stereocenters. The third-order valence-corrected chi connectivity index (χ3v) is 3.36. The van der Waals surface area contributed by atoms with Crippen molar-refractivity contribution in [2.45, 2.75) is 63.9 Å². The second kappa shape index (κ2) is 16.7. The van der Waals surface area contributed by atoms with Gasteiger partial charge in [-0.1, -0.05) is 48.6 Å². The molecule has 0 rings (SSSR count). The van der Waals surface area contributed by atoms with Crippen molar-refractivity contribution in [2.24, 2.45) is 0 Å². The first-order chi connectivity index (χ1) is 12.0. The van der Waals surface area contributed by atoms with Gasteiger partial charge in [0.15, 0.2) is 0 Å². The minimum Gasteiger partial charge on any atom is -0.481 e. The number of hydrogen-bond acceptors (Lipinski definition) is 3. The maximum atomic E-state index is 10.3. The average molecular weight is 350 g/mol. The Morgan fingerprint density at radius 2 is 1.36 bits per heavy atom. The van der Waals surface area contributed by atoms with E-state index in [0.29, 0.717) is 25.7 Å². The summed E-state index contributed by atoms with van der Waals surface area (Å²) >= 11 is 0. The molecule has 0 saturated heterocycles. The van der Waals surface area contributed by atoms with Crippen molar-refractivity contribution in [1.29, 1.82) is 0 Å². The van der Waals surface area contributed by atoms with Gasteiger partial charge in [0, 0.05) is 12.8 Å². The van der Waals surface area contributed by atoms with Crippen molar-refractivity contribution in [3.8, 4) is 0 Å². The molecule has 0 aromatic heterocycles. The second-order valence-corrected chi connectivity index (χ2v) is 5.72. The molecule has 5 heteroatoms. The first-order valence-electron chi connectivity index (χ1n) is 8.77. The number of rotatable bonds is 15. The van der Waals surface area contributed by atoms with Crippen LogP contribution in [-0.2, 0) is 9.59 Å². The molecule has 0 heterocycles. The molecule has 0 aromatic rings. The molecule has 5 nitrogen and oxygen atoms in total. The standard InChI is InChI=1S/C20H30O5/c21-18(15-12-13-17-20(24)25)14-10-8-6-4-2-1-3-5-7-9-11-16-19(22)23/h1-2,5-8,10,14,18,21H,3-4,9,11-13,15-17H2,(H,22,23)(H,24,25)/b2-1+,7-5+,8-6+,14-10+. The monoisotopic (exact) mass is 350 g/mol. The Kier molecular flexibility index (Phi) is 15.3. The number of hydrogen-bond donors (Lipinski definition) is 3. The van der Waals surface area contributed by atoms with Gasteiger partial charge in [-0.05, 0) is 44.9 Å². The average Bonchev–Trinajstić information content (AvgIpc) is 2.55. The zero-order valence-corrected chi connectivity index (χ0v) is 14.7. The van der Waals surface area contributed by atoms with E-state index in [1.54, 1.807) is 12.2 Å². The van der Waals surface area contributed by atoms with Gasteiger partial charge < -0.3 is 15.3 Å². The summed E-state index contributed by atoms with van der Waals surface area (Å²) in [5.74, 6) is -1.55. The van der Waals surface area contributed by atoms with Gasteiger partial charge in [0.25, 0.3) is 0 Å². The van der Waals surface area contributed by atoms with E-state index in [-0.39, 0.29) is 12.8 Å². The lowest BCUT2D eigenvalue weighted by Crippen LogP contribution is -2.02. The van der Waals surface area contributed by atoms with Crippen molar-refractivity contribution >= 4 is 11.9 Å². The van der Waals surface area contributed by atoms with Crippen LogP contribution in [0.15, 0.2) is 48.6 Å². The van der Waals surface area contributed by atoms with Gasteiger partial charge in [-0.2, -0.15) is 0 Å². The Hall–Kier alpha value is -2.14. The molecule has 0 fully saturated rings. The highest BCUT2D eigenvalue weighted by Crippen LogP contribution is 2.05. The lowest BCUT2D eigenvalue weighted by molar-refractivity contribution is -0.138. The fraction of sp³-hybridized carbons (Fsp3) is 0.500.